The van der Waals surface area contributed by atoms with Gasteiger partial charge in [0.25, 0.3) is 0 Å². The first kappa shape index (κ1) is 81.2. The van der Waals surface area contributed by atoms with E-state index < -0.39 is 24.3 Å². The molecular formula is C76H133NO8. The van der Waals surface area contributed by atoms with E-state index in [2.05, 4.69) is 111 Å². The van der Waals surface area contributed by atoms with Gasteiger partial charge in [-0.05, 0) is 89.9 Å². The molecule has 0 aromatic rings. The van der Waals surface area contributed by atoms with Crippen LogP contribution in [0.1, 0.15) is 309 Å². The van der Waals surface area contributed by atoms with Crippen LogP contribution in [0.5, 0.6) is 0 Å². The average Bonchev–Trinajstić information content (AvgIpc) is 3.49. The molecule has 85 heavy (non-hydrogen) atoms. The summed E-state index contributed by atoms with van der Waals surface area (Å²) >= 11 is 0. The van der Waals surface area contributed by atoms with Crippen LogP contribution in [-0.4, -0.2) is 82.3 Å². The predicted molar refractivity (Wildman–Crippen MR) is 361 cm³/mol. The molecule has 2 unspecified atom stereocenters. The maximum Gasteiger partial charge on any atom is 0.306 e. The molecule has 0 fully saturated rings. The van der Waals surface area contributed by atoms with Crippen LogP contribution in [0.15, 0.2) is 97.2 Å². The summed E-state index contributed by atoms with van der Waals surface area (Å²) in [5.41, 5.74) is 0. The highest BCUT2D eigenvalue weighted by Gasteiger charge is 2.22. The third-order valence-corrected chi connectivity index (χ3v) is 15.3. The fourth-order valence-corrected chi connectivity index (χ4v) is 9.94. The van der Waals surface area contributed by atoms with Crippen LogP contribution in [0, 0.1) is 0 Å². The van der Waals surface area contributed by atoms with E-state index in [9.17, 15) is 19.5 Å². The highest BCUT2D eigenvalue weighted by atomic mass is 16.7. The molecule has 0 saturated heterocycles. The molecule has 0 aromatic heterocycles. The van der Waals surface area contributed by atoms with E-state index in [1.165, 1.54) is 205 Å². The predicted octanol–water partition coefficient (Wildman–Crippen LogP) is 20.7. The monoisotopic (exact) mass is 1190 g/mol. The lowest BCUT2D eigenvalue weighted by Crippen LogP contribution is -2.44. The maximum atomic E-state index is 12.9. The van der Waals surface area contributed by atoms with Gasteiger partial charge in [0.1, 0.15) is 13.2 Å². The number of likely N-dealkylation sites (N-methyl/N-ethyl adjacent to an activating group) is 1. The Bertz CT molecular complexity index is 1720. The summed E-state index contributed by atoms with van der Waals surface area (Å²) < 4.78 is 22.7. The van der Waals surface area contributed by atoms with Gasteiger partial charge in [-0.3, -0.25) is 9.59 Å². The molecular weight excluding hydrogens is 1050 g/mol. The second-order valence-corrected chi connectivity index (χ2v) is 24.8. The molecule has 0 N–H and O–H groups in total. The van der Waals surface area contributed by atoms with Crippen molar-refractivity contribution in [1.82, 2.24) is 0 Å². The summed E-state index contributed by atoms with van der Waals surface area (Å²) in [5, 5.41) is 11.8. The van der Waals surface area contributed by atoms with Crippen LogP contribution in [0.4, 0.5) is 0 Å². The lowest BCUT2D eigenvalue weighted by atomic mass is 10.0. The lowest BCUT2D eigenvalue weighted by Gasteiger charge is -2.26. The number of ether oxygens (including phenoxy) is 4. The molecule has 0 aromatic carbocycles. The number of nitrogens with zero attached hydrogens (tertiary/aromatic N) is 1. The van der Waals surface area contributed by atoms with Gasteiger partial charge in [-0.1, -0.05) is 304 Å². The van der Waals surface area contributed by atoms with Crippen molar-refractivity contribution >= 4 is 17.9 Å². The molecule has 2 atom stereocenters. The van der Waals surface area contributed by atoms with Gasteiger partial charge in [0, 0.05) is 12.8 Å². The van der Waals surface area contributed by atoms with Crippen molar-refractivity contribution < 1.29 is 42.9 Å². The van der Waals surface area contributed by atoms with Crippen molar-refractivity contribution in [1.29, 1.82) is 0 Å². The van der Waals surface area contributed by atoms with Crippen molar-refractivity contribution in [3.63, 3.8) is 0 Å². The first-order valence-corrected chi connectivity index (χ1v) is 35.4. The van der Waals surface area contributed by atoms with E-state index in [4.69, 9.17) is 18.9 Å². The molecule has 0 saturated carbocycles. The first-order chi connectivity index (χ1) is 41.6. The van der Waals surface area contributed by atoms with Crippen LogP contribution < -0.4 is 5.11 Å². The van der Waals surface area contributed by atoms with E-state index in [1.54, 1.807) is 0 Å². The number of quaternary nitrogens is 1. The van der Waals surface area contributed by atoms with Crippen molar-refractivity contribution in [2.45, 2.75) is 322 Å². The molecule has 0 aliphatic carbocycles. The van der Waals surface area contributed by atoms with E-state index in [0.29, 0.717) is 23.9 Å². The quantitative estimate of drug-likeness (QED) is 0.0195. The minimum absolute atomic E-state index is 0.133. The van der Waals surface area contributed by atoms with Crippen LogP contribution in [0.3, 0.4) is 0 Å². The maximum absolute atomic E-state index is 12.9. The number of carbonyl (C=O) groups excluding carboxylic acids is 3. The van der Waals surface area contributed by atoms with Crippen LogP contribution in [0.25, 0.3) is 0 Å². The Kier molecular flexibility index (Phi) is 63.2. The Morgan fingerprint density at radius 3 is 1.05 bits per heavy atom. The van der Waals surface area contributed by atoms with Gasteiger partial charge in [-0.25, -0.2) is 0 Å². The zero-order valence-corrected chi connectivity index (χ0v) is 56.0. The molecule has 0 aliphatic rings. The summed E-state index contributed by atoms with van der Waals surface area (Å²) in [4.78, 5) is 37.4. The number of unbranched alkanes of at least 4 members (excludes halogenated alkanes) is 34. The van der Waals surface area contributed by atoms with Gasteiger partial charge in [-0.15, -0.1) is 0 Å². The summed E-state index contributed by atoms with van der Waals surface area (Å²) in [6.45, 7) is 4.59. The smallest absolute Gasteiger partial charge is 0.306 e. The molecule has 0 radical (unpaired) electrons. The third-order valence-electron chi connectivity index (χ3n) is 15.3. The van der Waals surface area contributed by atoms with Crippen molar-refractivity contribution in [3.8, 4) is 0 Å². The summed E-state index contributed by atoms with van der Waals surface area (Å²) in [6.07, 6.45) is 88.1. The highest BCUT2D eigenvalue weighted by molar-refractivity contribution is 5.70. The van der Waals surface area contributed by atoms with Crippen molar-refractivity contribution in [2.75, 3.05) is 47.5 Å². The largest absolute Gasteiger partial charge is 0.545 e. The minimum atomic E-state index is -1.64. The molecule has 0 heterocycles. The topological polar surface area (TPSA) is 111 Å². The number of hydrogen-bond donors (Lipinski definition) is 0. The first-order valence-electron chi connectivity index (χ1n) is 35.4. The summed E-state index contributed by atoms with van der Waals surface area (Å²) in [6, 6.07) is 0. The number of allylic oxidation sites excluding steroid dienone is 16. The SMILES string of the molecule is CC/C=C\C/C=C\C/C=C\C/C=C\C/C=C\C/C=C\C/C=C\CCCC(=O)OC(COC(=O)CCCCCCCCCCCCCCCCCCCCCCCCCCC/C=C\CCCCCCCCCC)COC(OCC[N+](C)(C)C)C(=O)[O-]. The zero-order valence-electron chi connectivity index (χ0n) is 56.0. The van der Waals surface area contributed by atoms with Gasteiger partial charge in [-0.2, -0.15) is 0 Å². The Hall–Kier alpha value is -3.79. The second kappa shape index (κ2) is 66.2. The zero-order chi connectivity index (χ0) is 61.9. The number of rotatable bonds is 65. The Labute approximate surface area is 524 Å². The Balaban J connectivity index is 4.09. The Morgan fingerprint density at radius 2 is 0.682 bits per heavy atom. The van der Waals surface area contributed by atoms with Crippen LogP contribution in [-0.2, 0) is 33.3 Å². The number of aliphatic carboxylic acids is 1. The van der Waals surface area contributed by atoms with Gasteiger partial charge < -0.3 is 33.3 Å². The minimum Gasteiger partial charge on any atom is -0.545 e. The van der Waals surface area contributed by atoms with E-state index >= 15 is 0 Å². The molecule has 9 heteroatoms. The number of carboxylic acids is 1. The number of carboxylic acid groups (broad SMARTS) is 1. The molecule has 0 rings (SSSR count). The standard InChI is InChI=1S/C76H133NO8/c1-6-8-10-12-14-16-18-20-22-24-26-28-30-31-32-33-34-35-36-37-38-39-40-41-42-43-45-46-48-50-52-54-56-58-60-62-64-66-73(78)83-70-72(71-84-76(75(80)81)82-69-68-77(3,4)5)85-74(79)67-65-63-61-59-57-55-53-51-49-47-44-29-27-25-23-21-19-17-15-13-11-9-7-2/h9,11,15,17,21,23-24,26-27,29,47,49,53,55,59,61,72,76H,6-8,10,12-14,16,18-20,22,25,28,30-46,48,50-52,54,56-58,60,62-71H2,1-5H3/b11-9-,17-15-,23-21-,26-24-,29-27-,49-47-,55-53-,61-59-. The van der Waals surface area contributed by atoms with Gasteiger partial charge in [0.2, 0.25) is 0 Å². The van der Waals surface area contributed by atoms with E-state index in [1.807, 2.05) is 21.1 Å². The molecule has 0 amide bonds. The number of carbonyl (C=O) groups is 3. The molecule has 9 nitrogen and oxygen atoms in total. The summed E-state index contributed by atoms with van der Waals surface area (Å²) in [5.74, 6) is -2.36. The number of esters is 2. The van der Waals surface area contributed by atoms with Crippen molar-refractivity contribution in [3.05, 3.63) is 97.2 Å². The Morgan fingerprint density at radius 1 is 0.365 bits per heavy atom. The fraction of sp³-hybridized carbons (Fsp3) is 0.750. The molecule has 0 aliphatic heterocycles. The lowest BCUT2D eigenvalue weighted by molar-refractivity contribution is -0.870. The third kappa shape index (κ3) is 67.6. The fourth-order valence-electron chi connectivity index (χ4n) is 9.94. The van der Waals surface area contributed by atoms with Gasteiger partial charge in [0.15, 0.2) is 12.4 Å². The van der Waals surface area contributed by atoms with Gasteiger partial charge in [0.05, 0.1) is 40.3 Å². The van der Waals surface area contributed by atoms with Crippen molar-refractivity contribution in [2.24, 2.45) is 0 Å². The summed E-state index contributed by atoms with van der Waals surface area (Å²) in [7, 11) is 5.91. The highest BCUT2D eigenvalue weighted by Crippen LogP contribution is 2.18. The molecule has 0 spiro atoms. The molecule has 0 bridgehead atoms. The average molecular weight is 1190 g/mol. The second-order valence-electron chi connectivity index (χ2n) is 24.8. The van der Waals surface area contributed by atoms with E-state index in [-0.39, 0.29) is 38.6 Å². The van der Waals surface area contributed by atoms with E-state index in [0.717, 1.165) is 64.2 Å². The van der Waals surface area contributed by atoms with Crippen LogP contribution >= 0.6 is 0 Å². The van der Waals surface area contributed by atoms with Gasteiger partial charge >= 0.3 is 11.9 Å². The normalized spacial score (nSPS) is 13.3. The molecule has 490 valence electrons. The number of hydrogen-bond acceptors (Lipinski definition) is 8. The van der Waals surface area contributed by atoms with Crippen LogP contribution in [0.2, 0.25) is 0 Å².